The molecule has 1 atom stereocenters. The van der Waals surface area contributed by atoms with Gasteiger partial charge in [-0.2, -0.15) is 0 Å². The molecule has 0 saturated carbocycles. The van der Waals surface area contributed by atoms with Crippen molar-refractivity contribution in [1.29, 1.82) is 0 Å². The minimum Gasteiger partial charge on any atom is -0.387 e. The number of hydrogen-bond acceptors (Lipinski definition) is 2. The lowest BCUT2D eigenvalue weighted by molar-refractivity contribution is 0.202. The summed E-state index contributed by atoms with van der Waals surface area (Å²) in [5, 5.41) is 9.93. The number of hydrogen-bond donors (Lipinski definition) is 1. The van der Waals surface area contributed by atoms with Crippen molar-refractivity contribution in [3.8, 4) is 0 Å². The van der Waals surface area contributed by atoms with Crippen LogP contribution >= 0.6 is 0 Å². The van der Waals surface area contributed by atoms with E-state index in [4.69, 9.17) is 0 Å². The van der Waals surface area contributed by atoms with Crippen LogP contribution < -0.4 is 0 Å². The largest absolute Gasteiger partial charge is 0.387 e. The summed E-state index contributed by atoms with van der Waals surface area (Å²) < 4.78 is 1.86. The zero-order chi connectivity index (χ0) is 14.6. The van der Waals surface area contributed by atoms with Crippen LogP contribution in [0.15, 0.2) is 49.1 Å². The van der Waals surface area contributed by atoms with Gasteiger partial charge in [0.2, 0.25) is 0 Å². The van der Waals surface area contributed by atoms with Gasteiger partial charge in [-0.25, -0.2) is 4.98 Å². The summed E-state index contributed by atoms with van der Waals surface area (Å²) in [6.07, 6.45) is 8.51. The highest BCUT2D eigenvalue weighted by molar-refractivity contribution is 5.50. The van der Waals surface area contributed by atoms with Crippen LogP contribution in [0.4, 0.5) is 0 Å². The Hall–Kier alpha value is -1.87. The van der Waals surface area contributed by atoms with E-state index in [1.165, 1.54) is 5.56 Å². The van der Waals surface area contributed by atoms with Crippen molar-refractivity contribution in [1.82, 2.24) is 9.55 Å². The first-order chi connectivity index (χ1) is 9.45. The molecule has 0 aliphatic carbocycles. The highest BCUT2D eigenvalue weighted by atomic mass is 16.3. The van der Waals surface area contributed by atoms with Gasteiger partial charge in [0.25, 0.3) is 0 Å². The molecule has 1 aromatic heterocycles. The average Bonchev–Trinajstić information content (AvgIpc) is 2.88. The monoisotopic (exact) mass is 270 g/mol. The number of rotatable bonds is 4. The van der Waals surface area contributed by atoms with Crippen molar-refractivity contribution >= 4 is 6.08 Å². The standard InChI is InChI=1S/C17H22N2O/c1-17(2,3)15-7-4-14(5-8-15)6-9-16(20)12-19-11-10-18-13-19/h4-11,13,16,20H,12H2,1-3H3/b9-6+. The van der Waals surface area contributed by atoms with Gasteiger partial charge in [0.15, 0.2) is 0 Å². The van der Waals surface area contributed by atoms with E-state index in [1.54, 1.807) is 12.5 Å². The van der Waals surface area contributed by atoms with Crippen LogP contribution in [-0.4, -0.2) is 20.8 Å². The normalized spacial score (nSPS) is 13.8. The van der Waals surface area contributed by atoms with Gasteiger partial charge in [-0.15, -0.1) is 0 Å². The Kier molecular flexibility index (Phi) is 4.40. The second kappa shape index (κ2) is 6.06. The van der Waals surface area contributed by atoms with Gasteiger partial charge in [0.1, 0.15) is 0 Å². The Morgan fingerprint density at radius 3 is 2.50 bits per heavy atom. The molecule has 2 aromatic rings. The molecule has 2 rings (SSSR count). The van der Waals surface area contributed by atoms with Gasteiger partial charge < -0.3 is 9.67 Å². The van der Waals surface area contributed by atoms with Crippen molar-refractivity contribution in [2.24, 2.45) is 0 Å². The maximum Gasteiger partial charge on any atom is 0.0946 e. The van der Waals surface area contributed by atoms with Crippen LogP contribution in [0.25, 0.3) is 6.08 Å². The molecule has 0 amide bonds. The summed E-state index contributed by atoms with van der Waals surface area (Å²) in [5.74, 6) is 0. The minimum absolute atomic E-state index is 0.170. The predicted molar refractivity (Wildman–Crippen MR) is 82.4 cm³/mol. The van der Waals surface area contributed by atoms with E-state index in [9.17, 15) is 5.11 Å². The highest BCUT2D eigenvalue weighted by Gasteiger charge is 2.12. The maximum absolute atomic E-state index is 9.93. The summed E-state index contributed by atoms with van der Waals surface area (Å²) in [5.41, 5.74) is 2.58. The summed E-state index contributed by atoms with van der Waals surface area (Å²) >= 11 is 0. The third-order valence-corrected chi connectivity index (χ3v) is 3.24. The number of aromatic nitrogens is 2. The lowest BCUT2D eigenvalue weighted by Gasteiger charge is -2.18. The van der Waals surface area contributed by atoms with Gasteiger partial charge in [0.05, 0.1) is 19.0 Å². The lowest BCUT2D eigenvalue weighted by atomic mass is 9.87. The number of aliphatic hydroxyl groups is 1. The summed E-state index contributed by atoms with van der Waals surface area (Å²) in [7, 11) is 0. The Morgan fingerprint density at radius 2 is 1.95 bits per heavy atom. The molecule has 1 heterocycles. The number of nitrogens with zero attached hydrogens (tertiary/aromatic N) is 2. The van der Waals surface area contributed by atoms with Gasteiger partial charge in [-0.3, -0.25) is 0 Å². The first kappa shape index (κ1) is 14.5. The van der Waals surface area contributed by atoms with Gasteiger partial charge in [-0.1, -0.05) is 57.2 Å². The Labute approximate surface area is 120 Å². The molecular weight excluding hydrogens is 248 g/mol. The molecule has 106 valence electrons. The summed E-state index contributed by atoms with van der Waals surface area (Å²) in [4.78, 5) is 3.95. The lowest BCUT2D eigenvalue weighted by Crippen LogP contribution is -2.11. The van der Waals surface area contributed by atoms with E-state index in [-0.39, 0.29) is 5.41 Å². The molecule has 20 heavy (non-hydrogen) atoms. The van der Waals surface area contributed by atoms with Gasteiger partial charge >= 0.3 is 0 Å². The third kappa shape index (κ3) is 4.07. The van der Waals surface area contributed by atoms with Crippen molar-refractivity contribution in [3.05, 3.63) is 60.2 Å². The second-order valence-corrected chi connectivity index (χ2v) is 6.06. The molecule has 3 nitrogen and oxygen atoms in total. The van der Waals surface area contributed by atoms with Crippen LogP contribution in [0.1, 0.15) is 31.9 Å². The average molecular weight is 270 g/mol. The molecule has 3 heteroatoms. The summed E-state index contributed by atoms with van der Waals surface area (Å²) in [6.45, 7) is 7.13. The van der Waals surface area contributed by atoms with Crippen molar-refractivity contribution < 1.29 is 5.11 Å². The molecule has 0 saturated heterocycles. The molecular formula is C17H22N2O. The van der Waals surface area contributed by atoms with E-state index in [2.05, 4.69) is 50.0 Å². The molecule has 0 aliphatic rings. The zero-order valence-corrected chi connectivity index (χ0v) is 12.3. The van der Waals surface area contributed by atoms with Crippen LogP contribution in [-0.2, 0) is 12.0 Å². The number of benzene rings is 1. The fourth-order valence-electron chi connectivity index (χ4n) is 1.99. The van der Waals surface area contributed by atoms with E-state index >= 15 is 0 Å². The van der Waals surface area contributed by atoms with E-state index in [1.807, 2.05) is 22.9 Å². The Morgan fingerprint density at radius 1 is 1.25 bits per heavy atom. The molecule has 1 N–H and O–H groups in total. The number of imidazole rings is 1. The van der Waals surface area contributed by atoms with Gasteiger partial charge in [-0.05, 0) is 16.5 Å². The number of aliphatic hydroxyl groups excluding tert-OH is 1. The topological polar surface area (TPSA) is 38.0 Å². The Bertz CT molecular complexity index is 548. The van der Waals surface area contributed by atoms with Crippen molar-refractivity contribution in [2.45, 2.75) is 38.8 Å². The molecule has 0 spiro atoms. The zero-order valence-electron chi connectivity index (χ0n) is 12.3. The fourth-order valence-corrected chi connectivity index (χ4v) is 1.99. The van der Waals surface area contributed by atoms with Crippen LogP contribution in [0.5, 0.6) is 0 Å². The molecule has 0 fully saturated rings. The fraction of sp³-hybridized carbons (Fsp3) is 0.353. The smallest absolute Gasteiger partial charge is 0.0946 e. The molecule has 0 radical (unpaired) electrons. The van der Waals surface area contributed by atoms with Crippen molar-refractivity contribution in [2.75, 3.05) is 0 Å². The quantitative estimate of drug-likeness (QED) is 0.926. The van der Waals surface area contributed by atoms with Gasteiger partial charge in [0, 0.05) is 12.4 Å². The molecule has 1 unspecified atom stereocenters. The van der Waals surface area contributed by atoms with Crippen LogP contribution in [0.3, 0.4) is 0 Å². The molecule has 1 aromatic carbocycles. The van der Waals surface area contributed by atoms with Crippen LogP contribution in [0, 0.1) is 0 Å². The minimum atomic E-state index is -0.508. The Balaban J connectivity index is 1.97. The van der Waals surface area contributed by atoms with E-state index in [0.29, 0.717) is 6.54 Å². The predicted octanol–water partition coefficient (Wildman–Crippen LogP) is 3.25. The van der Waals surface area contributed by atoms with Crippen LogP contribution in [0.2, 0.25) is 0 Å². The first-order valence-corrected chi connectivity index (χ1v) is 6.88. The highest BCUT2D eigenvalue weighted by Crippen LogP contribution is 2.22. The van der Waals surface area contributed by atoms with E-state index in [0.717, 1.165) is 5.56 Å². The third-order valence-electron chi connectivity index (χ3n) is 3.24. The second-order valence-electron chi connectivity index (χ2n) is 6.06. The first-order valence-electron chi connectivity index (χ1n) is 6.88. The summed E-state index contributed by atoms with van der Waals surface area (Å²) in [6, 6.07) is 8.45. The maximum atomic E-state index is 9.93. The van der Waals surface area contributed by atoms with Crippen molar-refractivity contribution in [3.63, 3.8) is 0 Å². The molecule has 0 aliphatic heterocycles. The van der Waals surface area contributed by atoms with E-state index < -0.39 is 6.10 Å². The molecule has 0 bridgehead atoms. The SMILES string of the molecule is CC(C)(C)c1ccc(/C=C/C(O)Cn2ccnc2)cc1.